The van der Waals surface area contributed by atoms with Crippen molar-refractivity contribution in [3.05, 3.63) is 41.3 Å². The summed E-state index contributed by atoms with van der Waals surface area (Å²) in [6.45, 7) is 3.77. The number of piperidine rings is 3. The van der Waals surface area contributed by atoms with Gasteiger partial charge in [0, 0.05) is 30.6 Å². The molecule has 116 valence electrons. The molecular weight excluding hydrogens is 313 g/mol. The molecule has 6 rings (SSSR count). The summed E-state index contributed by atoms with van der Waals surface area (Å²) in [5.41, 5.74) is 2.03. The first-order valence-corrected chi connectivity index (χ1v) is 8.43. The van der Waals surface area contributed by atoms with E-state index >= 15 is 0 Å². The minimum Gasteiger partial charge on any atom is -0.463 e. The van der Waals surface area contributed by atoms with Crippen molar-refractivity contribution >= 4 is 11.7 Å². The smallest absolute Gasteiger partial charge is 0.250 e. The minimum absolute atomic E-state index is 0.215. The highest BCUT2D eigenvalue weighted by Gasteiger charge is 2.76. The second-order valence-electron chi connectivity index (χ2n) is 6.46. The molecule has 4 atom stereocenters. The predicted octanol–water partition coefficient (Wildman–Crippen LogP) is 1.92. The quantitative estimate of drug-likeness (QED) is 0.808. The van der Waals surface area contributed by atoms with E-state index in [1.54, 1.807) is 12.1 Å². The van der Waals surface area contributed by atoms with Crippen LogP contribution in [-0.4, -0.2) is 39.9 Å². The lowest BCUT2D eigenvalue weighted by Gasteiger charge is -2.09. The van der Waals surface area contributed by atoms with Gasteiger partial charge in [-0.05, 0) is 36.1 Å². The van der Waals surface area contributed by atoms with Crippen LogP contribution >= 0.6 is 11.7 Å². The van der Waals surface area contributed by atoms with Gasteiger partial charge in [0.1, 0.15) is 11.5 Å². The van der Waals surface area contributed by atoms with E-state index in [-0.39, 0.29) is 17.8 Å². The summed E-state index contributed by atoms with van der Waals surface area (Å²) in [6, 6.07) is 6.13. The molecule has 1 aromatic heterocycles. The van der Waals surface area contributed by atoms with Crippen LogP contribution in [0, 0.1) is 29.5 Å². The maximum Gasteiger partial charge on any atom is 0.250 e. The summed E-state index contributed by atoms with van der Waals surface area (Å²) in [5, 5.41) is 0. The van der Waals surface area contributed by atoms with Gasteiger partial charge in [-0.15, -0.1) is 4.37 Å². The van der Waals surface area contributed by atoms with Crippen LogP contribution in [0.15, 0.2) is 24.3 Å². The van der Waals surface area contributed by atoms with E-state index in [0.29, 0.717) is 5.88 Å². The van der Waals surface area contributed by atoms with Gasteiger partial charge in [-0.1, -0.05) is 11.8 Å². The highest BCUT2D eigenvalue weighted by atomic mass is 32.1. The van der Waals surface area contributed by atoms with E-state index in [2.05, 4.69) is 25.5 Å². The zero-order valence-electron chi connectivity index (χ0n) is 12.3. The number of rotatable bonds is 3. The molecule has 4 bridgehead atoms. The molecule has 2 unspecified atom stereocenters. The highest BCUT2D eigenvalue weighted by molar-refractivity contribution is 6.99. The van der Waals surface area contributed by atoms with E-state index in [1.165, 1.54) is 37.0 Å². The Morgan fingerprint density at radius 3 is 2.74 bits per heavy atom. The average molecular weight is 327 g/mol. The fraction of sp³-hybridized carbons (Fsp3) is 0.412. The largest absolute Gasteiger partial charge is 0.463 e. The van der Waals surface area contributed by atoms with E-state index in [0.717, 1.165) is 29.6 Å². The lowest BCUT2D eigenvalue weighted by Crippen LogP contribution is -2.17. The Morgan fingerprint density at radius 1 is 1.26 bits per heavy atom. The van der Waals surface area contributed by atoms with Crippen LogP contribution in [0.3, 0.4) is 0 Å². The maximum absolute atomic E-state index is 12.8. The van der Waals surface area contributed by atoms with Crippen molar-refractivity contribution in [2.24, 2.45) is 11.8 Å². The van der Waals surface area contributed by atoms with E-state index in [1.807, 2.05) is 0 Å². The van der Waals surface area contributed by atoms with Gasteiger partial charge in [0.15, 0.2) is 6.61 Å². The van der Waals surface area contributed by atoms with Gasteiger partial charge in [0.25, 0.3) is 5.88 Å². The van der Waals surface area contributed by atoms with E-state index in [9.17, 15) is 4.39 Å². The summed E-state index contributed by atoms with van der Waals surface area (Å²) in [7, 11) is 0. The maximum atomic E-state index is 12.8. The molecule has 0 spiro atoms. The predicted molar refractivity (Wildman–Crippen MR) is 83.8 cm³/mol. The van der Waals surface area contributed by atoms with Gasteiger partial charge in [-0.2, -0.15) is 4.37 Å². The van der Waals surface area contributed by atoms with Gasteiger partial charge >= 0.3 is 0 Å². The SMILES string of the molecule is Fc1ccc(C#CCOc2nsnc2C23CN4C[C@@H]2[C@@H]3C4)cc1. The number of hydrogen-bond donors (Lipinski definition) is 0. The van der Waals surface area contributed by atoms with Crippen LogP contribution in [0.2, 0.25) is 0 Å². The van der Waals surface area contributed by atoms with Crippen LogP contribution < -0.4 is 4.74 Å². The van der Waals surface area contributed by atoms with Crippen LogP contribution in [0.5, 0.6) is 5.88 Å². The summed E-state index contributed by atoms with van der Waals surface area (Å²) in [5.74, 6) is 7.82. The van der Waals surface area contributed by atoms with Crippen LogP contribution in [0.25, 0.3) is 0 Å². The number of ether oxygens (including phenoxy) is 1. The molecule has 1 aliphatic carbocycles. The summed E-state index contributed by atoms with van der Waals surface area (Å²) < 4.78 is 27.4. The number of aromatic nitrogens is 2. The van der Waals surface area contributed by atoms with Crippen LogP contribution in [-0.2, 0) is 5.41 Å². The normalized spacial score (nSPS) is 32.5. The fourth-order valence-corrected chi connectivity index (χ4v) is 4.89. The molecule has 3 aliphatic heterocycles. The molecule has 4 fully saturated rings. The molecule has 4 heterocycles. The molecule has 4 nitrogen and oxygen atoms in total. The third-order valence-electron chi connectivity index (χ3n) is 5.35. The van der Waals surface area contributed by atoms with Crippen molar-refractivity contribution in [2.75, 3.05) is 26.2 Å². The zero-order valence-corrected chi connectivity index (χ0v) is 13.1. The molecule has 4 aliphatic rings. The van der Waals surface area contributed by atoms with Crippen molar-refractivity contribution in [1.82, 2.24) is 13.6 Å². The first kappa shape index (κ1) is 13.5. The molecular formula is C17H14FN3OS. The lowest BCUT2D eigenvalue weighted by molar-refractivity contribution is 0.348. The van der Waals surface area contributed by atoms with Gasteiger partial charge in [-0.25, -0.2) is 4.39 Å². The van der Waals surface area contributed by atoms with Gasteiger partial charge in [-0.3, -0.25) is 0 Å². The average Bonchev–Trinajstić information content (AvgIpc) is 3.15. The Labute approximate surface area is 137 Å². The number of hydrogen-bond acceptors (Lipinski definition) is 5. The van der Waals surface area contributed by atoms with Crippen molar-refractivity contribution < 1.29 is 9.13 Å². The first-order valence-electron chi connectivity index (χ1n) is 7.70. The molecule has 0 radical (unpaired) electrons. The van der Waals surface area contributed by atoms with E-state index < -0.39 is 0 Å². The number of benzene rings is 1. The lowest BCUT2D eigenvalue weighted by atomic mass is 10.0. The van der Waals surface area contributed by atoms with Gasteiger partial charge in [0.05, 0.1) is 11.7 Å². The Kier molecular flexibility index (Phi) is 2.79. The molecule has 3 saturated heterocycles. The van der Waals surface area contributed by atoms with Gasteiger partial charge in [0.2, 0.25) is 0 Å². The minimum atomic E-state index is -0.256. The number of halogens is 1. The molecule has 1 saturated carbocycles. The first-order chi connectivity index (χ1) is 11.3. The molecule has 1 aromatic carbocycles. The zero-order chi connectivity index (χ0) is 15.4. The Bertz CT molecular complexity index is 810. The van der Waals surface area contributed by atoms with E-state index in [4.69, 9.17) is 4.74 Å². The van der Waals surface area contributed by atoms with Crippen molar-refractivity contribution in [1.29, 1.82) is 0 Å². The molecule has 0 N–H and O–H groups in total. The van der Waals surface area contributed by atoms with Crippen molar-refractivity contribution in [2.45, 2.75) is 5.41 Å². The summed E-state index contributed by atoms with van der Waals surface area (Å²) in [4.78, 5) is 2.51. The summed E-state index contributed by atoms with van der Waals surface area (Å²) >= 11 is 1.22. The Morgan fingerprint density at radius 2 is 2.04 bits per heavy atom. The third-order valence-corrected chi connectivity index (χ3v) is 5.86. The fourth-order valence-electron chi connectivity index (χ4n) is 4.31. The van der Waals surface area contributed by atoms with Crippen molar-refractivity contribution in [3.63, 3.8) is 0 Å². The second-order valence-corrected chi connectivity index (χ2v) is 6.99. The molecule has 23 heavy (non-hydrogen) atoms. The highest BCUT2D eigenvalue weighted by Crippen LogP contribution is 2.70. The second kappa shape index (κ2) is 4.76. The third kappa shape index (κ3) is 1.93. The molecule has 0 amide bonds. The topological polar surface area (TPSA) is 38.3 Å². The number of nitrogens with zero attached hydrogens (tertiary/aromatic N) is 3. The van der Waals surface area contributed by atoms with Gasteiger partial charge < -0.3 is 9.64 Å². The van der Waals surface area contributed by atoms with Crippen LogP contribution in [0.4, 0.5) is 4.39 Å². The van der Waals surface area contributed by atoms with Crippen molar-refractivity contribution in [3.8, 4) is 17.7 Å². The van der Waals surface area contributed by atoms with Crippen LogP contribution in [0.1, 0.15) is 11.3 Å². The standard InChI is InChI=1S/C17H14FN3OS/c18-12-5-3-11(4-6-12)2-1-7-22-16-15(19-23-20-16)17-10-21-8-13(17)14(17)9-21/h3-6,13-14H,7-10H2/t13-,14+,17?. The Hall–Kier alpha value is -1.97. The monoisotopic (exact) mass is 327 g/mol. The molecule has 6 heteroatoms. The summed E-state index contributed by atoms with van der Waals surface area (Å²) in [6.07, 6.45) is 0. The molecule has 2 aromatic rings. The Balaban J connectivity index is 1.28.